The number of hydrogen-bond acceptors (Lipinski definition) is 5. The Hall–Kier alpha value is -2.67. The van der Waals surface area contributed by atoms with Crippen molar-refractivity contribution in [3.63, 3.8) is 0 Å². The molecule has 0 bridgehead atoms. The fourth-order valence-corrected chi connectivity index (χ4v) is 2.58. The topological polar surface area (TPSA) is 84.5 Å². The SMILES string of the molecule is CC(=O)Nc1cccc(C(=O)OC(C)C(=O)NCc2cccs2)c1. The van der Waals surface area contributed by atoms with E-state index >= 15 is 0 Å². The maximum Gasteiger partial charge on any atom is 0.338 e. The van der Waals surface area contributed by atoms with Gasteiger partial charge in [0.25, 0.3) is 5.91 Å². The molecule has 0 radical (unpaired) electrons. The van der Waals surface area contributed by atoms with Crippen molar-refractivity contribution in [2.75, 3.05) is 5.32 Å². The summed E-state index contributed by atoms with van der Waals surface area (Å²) in [6, 6.07) is 10.2. The molecule has 24 heavy (non-hydrogen) atoms. The Morgan fingerprint density at radius 1 is 1.21 bits per heavy atom. The fourth-order valence-electron chi connectivity index (χ4n) is 1.94. The Balaban J connectivity index is 1.90. The highest BCUT2D eigenvalue weighted by Gasteiger charge is 2.19. The van der Waals surface area contributed by atoms with Crippen molar-refractivity contribution in [2.24, 2.45) is 0 Å². The van der Waals surface area contributed by atoms with Gasteiger partial charge in [-0.25, -0.2) is 4.79 Å². The fraction of sp³-hybridized carbons (Fsp3) is 0.235. The van der Waals surface area contributed by atoms with E-state index in [0.29, 0.717) is 12.2 Å². The Morgan fingerprint density at radius 3 is 2.67 bits per heavy atom. The van der Waals surface area contributed by atoms with Crippen LogP contribution in [-0.2, 0) is 20.9 Å². The first-order valence-corrected chi connectivity index (χ1v) is 8.22. The van der Waals surface area contributed by atoms with Crippen LogP contribution in [0.4, 0.5) is 5.69 Å². The Morgan fingerprint density at radius 2 is 2.00 bits per heavy atom. The summed E-state index contributed by atoms with van der Waals surface area (Å²) in [5.41, 5.74) is 0.755. The van der Waals surface area contributed by atoms with Crippen LogP contribution in [0.25, 0.3) is 0 Å². The number of rotatable bonds is 6. The van der Waals surface area contributed by atoms with Gasteiger partial charge in [0.15, 0.2) is 6.10 Å². The van der Waals surface area contributed by atoms with E-state index in [2.05, 4.69) is 10.6 Å². The zero-order valence-corrected chi connectivity index (χ0v) is 14.2. The van der Waals surface area contributed by atoms with E-state index < -0.39 is 12.1 Å². The molecule has 2 amide bonds. The van der Waals surface area contributed by atoms with Crippen molar-refractivity contribution >= 4 is 34.8 Å². The number of thiophene rings is 1. The lowest BCUT2D eigenvalue weighted by Gasteiger charge is -2.13. The molecule has 0 aliphatic heterocycles. The van der Waals surface area contributed by atoms with E-state index in [1.807, 2.05) is 17.5 Å². The molecule has 126 valence electrons. The maximum atomic E-state index is 12.1. The van der Waals surface area contributed by atoms with Gasteiger partial charge in [0.2, 0.25) is 5.91 Å². The van der Waals surface area contributed by atoms with E-state index in [1.54, 1.807) is 18.2 Å². The summed E-state index contributed by atoms with van der Waals surface area (Å²) >= 11 is 1.54. The number of nitrogens with one attached hydrogen (secondary N) is 2. The number of anilines is 1. The number of hydrogen-bond donors (Lipinski definition) is 2. The molecule has 0 saturated heterocycles. The molecule has 1 unspecified atom stereocenters. The third kappa shape index (κ3) is 5.20. The van der Waals surface area contributed by atoms with Crippen LogP contribution in [-0.4, -0.2) is 23.9 Å². The molecule has 1 heterocycles. The quantitative estimate of drug-likeness (QED) is 0.787. The molecular weight excluding hydrogens is 328 g/mol. The van der Waals surface area contributed by atoms with Gasteiger partial charge in [-0.05, 0) is 36.6 Å². The zero-order valence-electron chi connectivity index (χ0n) is 13.4. The van der Waals surface area contributed by atoms with Gasteiger partial charge in [-0.15, -0.1) is 11.3 Å². The molecule has 7 heteroatoms. The predicted molar refractivity (Wildman–Crippen MR) is 91.8 cm³/mol. The number of carbonyl (C=O) groups is 3. The molecule has 0 fully saturated rings. The summed E-state index contributed by atoms with van der Waals surface area (Å²) in [6.45, 7) is 3.29. The van der Waals surface area contributed by atoms with Crippen LogP contribution in [0.2, 0.25) is 0 Å². The molecule has 1 aromatic heterocycles. The minimum absolute atomic E-state index is 0.234. The van der Waals surface area contributed by atoms with Gasteiger partial charge >= 0.3 is 5.97 Å². The van der Waals surface area contributed by atoms with E-state index in [9.17, 15) is 14.4 Å². The summed E-state index contributed by atoms with van der Waals surface area (Å²) in [6.07, 6.45) is -0.915. The largest absolute Gasteiger partial charge is 0.449 e. The molecule has 0 aliphatic carbocycles. The van der Waals surface area contributed by atoms with Crippen LogP contribution < -0.4 is 10.6 Å². The molecule has 1 aromatic carbocycles. The standard InChI is InChI=1S/C17H18N2O4S/c1-11(16(21)18-10-15-7-4-8-24-15)23-17(22)13-5-3-6-14(9-13)19-12(2)20/h3-9,11H,10H2,1-2H3,(H,18,21)(H,19,20). The summed E-state index contributed by atoms with van der Waals surface area (Å²) in [7, 11) is 0. The van der Waals surface area contributed by atoms with Crippen LogP contribution in [0, 0.1) is 0 Å². The van der Waals surface area contributed by atoms with Crippen LogP contribution in [0.5, 0.6) is 0 Å². The second-order valence-corrected chi connectivity index (χ2v) is 6.14. The Labute approximate surface area is 143 Å². The van der Waals surface area contributed by atoms with Gasteiger partial charge in [0.05, 0.1) is 12.1 Å². The number of amides is 2. The number of ether oxygens (including phenoxy) is 1. The van der Waals surface area contributed by atoms with E-state index in [4.69, 9.17) is 4.74 Å². The van der Waals surface area contributed by atoms with Crippen molar-refractivity contribution in [3.05, 3.63) is 52.2 Å². The lowest BCUT2D eigenvalue weighted by molar-refractivity contribution is -0.129. The summed E-state index contributed by atoms with van der Waals surface area (Å²) in [5, 5.41) is 7.23. The van der Waals surface area contributed by atoms with E-state index in [0.717, 1.165) is 4.88 Å². The average molecular weight is 346 g/mol. The van der Waals surface area contributed by atoms with Crippen molar-refractivity contribution in [2.45, 2.75) is 26.5 Å². The summed E-state index contributed by atoms with van der Waals surface area (Å²) in [5.74, 6) is -1.22. The van der Waals surface area contributed by atoms with Crippen molar-refractivity contribution in [1.29, 1.82) is 0 Å². The summed E-state index contributed by atoms with van der Waals surface area (Å²) < 4.78 is 5.17. The molecule has 2 rings (SSSR count). The van der Waals surface area contributed by atoms with Crippen molar-refractivity contribution < 1.29 is 19.1 Å². The third-order valence-electron chi connectivity index (χ3n) is 3.09. The lowest BCUT2D eigenvalue weighted by atomic mass is 10.2. The molecule has 0 spiro atoms. The average Bonchev–Trinajstić information content (AvgIpc) is 3.05. The first-order chi connectivity index (χ1) is 11.5. The monoisotopic (exact) mass is 346 g/mol. The Bertz CT molecular complexity index is 728. The van der Waals surface area contributed by atoms with Crippen molar-refractivity contribution in [1.82, 2.24) is 5.32 Å². The molecule has 6 nitrogen and oxygen atoms in total. The van der Waals surface area contributed by atoms with E-state index in [1.165, 1.54) is 31.3 Å². The van der Waals surface area contributed by atoms with Crippen LogP contribution in [0.3, 0.4) is 0 Å². The number of benzene rings is 1. The molecule has 2 N–H and O–H groups in total. The second-order valence-electron chi connectivity index (χ2n) is 5.11. The molecular formula is C17H18N2O4S. The second kappa shape index (κ2) is 8.26. The highest BCUT2D eigenvalue weighted by molar-refractivity contribution is 7.09. The molecule has 0 aliphatic rings. The minimum Gasteiger partial charge on any atom is -0.449 e. The van der Waals surface area contributed by atoms with E-state index in [-0.39, 0.29) is 17.4 Å². The Kier molecular flexibility index (Phi) is 6.08. The lowest BCUT2D eigenvalue weighted by Crippen LogP contribution is -2.35. The molecule has 0 saturated carbocycles. The van der Waals surface area contributed by atoms with Crippen LogP contribution >= 0.6 is 11.3 Å². The first kappa shape index (κ1) is 17.7. The molecule has 1 atom stereocenters. The first-order valence-electron chi connectivity index (χ1n) is 7.34. The normalized spacial score (nSPS) is 11.4. The van der Waals surface area contributed by atoms with Gasteiger partial charge < -0.3 is 15.4 Å². The van der Waals surface area contributed by atoms with Crippen LogP contribution in [0.15, 0.2) is 41.8 Å². The van der Waals surface area contributed by atoms with Gasteiger partial charge in [-0.1, -0.05) is 12.1 Å². The van der Waals surface area contributed by atoms with Gasteiger partial charge in [-0.2, -0.15) is 0 Å². The molecule has 2 aromatic rings. The van der Waals surface area contributed by atoms with Gasteiger partial charge in [0, 0.05) is 17.5 Å². The third-order valence-corrected chi connectivity index (χ3v) is 3.97. The van der Waals surface area contributed by atoms with Crippen LogP contribution in [0.1, 0.15) is 29.1 Å². The van der Waals surface area contributed by atoms with Crippen molar-refractivity contribution in [3.8, 4) is 0 Å². The zero-order chi connectivity index (χ0) is 17.5. The van der Waals surface area contributed by atoms with Gasteiger partial charge in [0.1, 0.15) is 0 Å². The smallest absolute Gasteiger partial charge is 0.338 e. The number of esters is 1. The maximum absolute atomic E-state index is 12.1. The number of carbonyl (C=O) groups excluding carboxylic acids is 3. The predicted octanol–water partition coefficient (Wildman–Crippen LogP) is 2.57. The van der Waals surface area contributed by atoms with Gasteiger partial charge in [-0.3, -0.25) is 9.59 Å². The highest BCUT2D eigenvalue weighted by atomic mass is 32.1. The summed E-state index contributed by atoms with van der Waals surface area (Å²) in [4.78, 5) is 36.2. The highest BCUT2D eigenvalue weighted by Crippen LogP contribution is 2.13. The minimum atomic E-state index is -0.915.